The van der Waals surface area contributed by atoms with Gasteiger partial charge in [-0.25, -0.2) is 9.78 Å². The van der Waals surface area contributed by atoms with Gasteiger partial charge in [-0.2, -0.15) is 13.2 Å². The molecule has 9 heteroatoms. The number of hydrogen-bond donors (Lipinski definition) is 1. The van der Waals surface area contributed by atoms with Crippen molar-refractivity contribution in [3.63, 3.8) is 0 Å². The van der Waals surface area contributed by atoms with Gasteiger partial charge in [-0.1, -0.05) is 42.5 Å². The highest BCUT2D eigenvalue weighted by Gasteiger charge is 2.30. The maximum atomic E-state index is 13.0. The molecule has 0 amide bonds. The molecule has 0 saturated heterocycles. The minimum absolute atomic E-state index is 0.396. The summed E-state index contributed by atoms with van der Waals surface area (Å²) in [7, 11) is 0. The first kappa shape index (κ1) is 27.7. The van der Waals surface area contributed by atoms with Crippen LogP contribution in [0.2, 0.25) is 0 Å². The van der Waals surface area contributed by atoms with E-state index in [-0.39, 0.29) is 0 Å². The highest BCUT2D eigenvalue weighted by Crippen LogP contribution is 2.36. The zero-order valence-electron chi connectivity index (χ0n) is 20.6. The predicted octanol–water partition coefficient (Wildman–Crippen LogP) is 8.07. The number of carboxylic acid groups (broad SMARTS) is 1. The SMILES string of the molecule is Cc1cc(SCc2sc(-c3ccc(C(F)(F)F)cc3)nc2CCCc2ccccc2)ccc1OCC(=O)O. The van der Waals surface area contributed by atoms with Gasteiger partial charge in [-0.3, -0.25) is 0 Å². The molecule has 0 spiro atoms. The van der Waals surface area contributed by atoms with Crippen molar-refractivity contribution in [1.29, 1.82) is 0 Å². The molecule has 0 aliphatic heterocycles. The molecule has 4 rings (SSSR count). The first-order chi connectivity index (χ1) is 18.2. The molecule has 0 bridgehead atoms. The fourth-order valence-electron chi connectivity index (χ4n) is 3.88. The molecular weight excluding hydrogens is 531 g/mol. The molecule has 3 aromatic carbocycles. The van der Waals surface area contributed by atoms with Crippen LogP contribution in [0.1, 0.15) is 33.7 Å². The van der Waals surface area contributed by atoms with E-state index in [1.165, 1.54) is 29.0 Å². The highest BCUT2D eigenvalue weighted by atomic mass is 32.2. The summed E-state index contributed by atoms with van der Waals surface area (Å²) < 4.78 is 44.3. The first-order valence-corrected chi connectivity index (χ1v) is 13.8. The Hall–Kier alpha value is -3.30. The van der Waals surface area contributed by atoms with Crippen molar-refractivity contribution in [2.45, 2.75) is 43.0 Å². The third kappa shape index (κ3) is 7.61. The number of carboxylic acids is 1. The molecule has 4 aromatic rings. The van der Waals surface area contributed by atoms with Crippen LogP contribution < -0.4 is 4.74 Å². The quantitative estimate of drug-likeness (QED) is 0.189. The second-order valence-electron chi connectivity index (χ2n) is 8.70. The van der Waals surface area contributed by atoms with E-state index in [0.717, 1.165) is 52.4 Å². The van der Waals surface area contributed by atoms with Crippen molar-refractivity contribution >= 4 is 29.1 Å². The van der Waals surface area contributed by atoms with Gasteiger partial charge in [0.1, 0.15) is 10.8 Å². The van der Waals surface area contributed by atoms with Crippen molar-refractivity contribution < 1.29 is 27.8 Å². The number of rotatable bonds is 11. The van der Waals surface area contributed by atoms with Crippen LogP contribution in [0, 0.1) is 6.92 Å². The first-order valence-electron chi connectivity index (χ1n) is 12.0. The third-order valence-electron chi connectivity index (χ3n) is 5.83. The number of aryl methyl sites for hydroxylation is 3. The highest BCUT2D eigenvalue weighted by molar-refractivity contribution is 7.98. The standard InChI is InChI=1S/C29H26F3NO3S2/c1-19-16-23(14-15-25(19)36-17-27(34)35)37-18-26-24(9-5-8-20-6-3-2-4-7-20)33-28(38-26)21-10-12-22(13-11-21)29(30,31)32/h2-4,6-7,10-16H,5,8-9,17-18H2,1H3,(H,34,35). The van der Waals surface area contributed by atoms with Gasteiger partial charge in [0.2, 0.25) is 0 Å². The van der Waals surface area contributed by atoms with E-state index in [0.29, 0.717) is 22.1 Å². The molecule has 0 aliphatic carbocycles. The zero-order chi connectivity index (χ0) is 27.1. The van der Waals surface area contributed by atoms with Crippen LogP contribution in [-0.4, -0.2) is 22.7 Å². The number of aliphatic carboxylic acids is 1. The lowest BCUT2D eigenvalue weighted by molar-refractivity contribution is -0.139. The molecule has 4 nitrogen and oxygen atoms in total. The monoisotopic (exact) mass is 557 g/mol. The van der Waals surface area contributed by atoms with Crippen molar-refractivity contribution in [3.05, 3.63) is 100 Å². The number of benzene rings is 3. The molecular formula is C29H26F3NO3S2. The Bertz CT molecular complexity index is 1370. The molecule has 198 valence electrons. The Morgan fingerprint density at radius 1 is 1.03 bits per heavy atom. The van der Waals surface area contributed by atoms with Crippen LogP contribution in [-0.2, 0) is 29.6 Å². The van der Waals surface area contributed by atoms with Gasteiger partial charge >= 0.3 is 12.1 Å². The lowest BCUT2D eigenvalue weighted by atomic mass is 10.1. The Morgan fingerprint density at radius 2 is 1.76 bits per heavy atom. The number of alkyl halides is 3. The third-order valence-corrected chi connectivity index (χ3v) is 8.18. The van der Waals surface area contributed by atoms with Gasteiger partial charge in [-0.05, 0) is 67.6 Å². The van der Waals surface area contributed by atoms with Gasteiger partial charge in [0.15, 0.2) is 6.61 Å². The van der Waals surface area contributed by atoms with Crippen LogP contribution in [0.3, 0.4) is 0 Å². The molecule has 0 saturated carbocycles. The number of nitrogens with zero attached hydrogens (tertiary/aromatic N) is 1. The van der Waals surface area contributed by atoms with Crippen LogP contribution >= 0.6 is 23.1 Å². The lowest BCUT2D eigenvalue weighted by Crippen LogP contribution is -2.09. The average Bonchev–Trinajstić information content (AvgIpc) is 3.30. The number of thioether (sulfide) groups is 1. The second-order valence-corrected chi connectivity index (χ2v) is 10.8. The molecule has 0 atom stereocenters. The fourth-order valence-corrected chi connectivity index (χ4v) is 6.09. The lowest BCUT2D eigenvalue weighted by Gasteiger charge is -2.09. The van der Waals surface area contributed by atoms with Crippen molar-refractivity contribution in [2.24, 2.45) is 0 Å². The fraction of sp³-hybridized carbons (Fsp3) is 0.241. The predicted molar refractivity (Wildman–Crippen MR) is 145 cm³/mol. The number of carbonyl (C=O) groups is 1. The summed E-state index contributed by atoms with van der Waals surface area (Å²) in [5.41, 5.74) is 3.05. The Kier molecular flexibility index (Phi) is 9.12. The van der Waals surface area contributed by atoms with Gasteiger partial charge in [0.05, 0.1) is 11.3 Å². The van der Waals surface area contributed by atoms with E-state index in [1.54, 1.807) is 17.8 Å². The van der Waals surface area contributed by atoms with E-state index in [9.17, 15) is 18.0 Å². The number of hydrogen-bond acceptors (Lipinski definition) is 5. The van der Waals surface area contributed by atoms with Crippen LogP contribution in [0.15, 0.2) is 77.7 Å². The smallest absolute Gasteiger partial charge is 0.416 e. The average molecular weight is 558 g/mol. The normalized spacial score (nSPS) is 11.5. The molecule has 1 aromatic heterocycles. The van der Waals surface area contributed by atoms with Gasteiger partial charge in [0.25, 0.3) is 0 Å². The summed E-state index contributed by atoms with van der Waals surface area (Å²) in [6.45, 7) is 1.47. The number of halogens is 3. The van der Waals surface area contributed by atoms with Gasteiger partial charge in [0, 0.05) is 21.1 Å². The molecule has 0 fully saturated rings. The molecule has 38 heavy (non-hydrogen) atoms. The number of aromatic nitrogens is 1. The summed E-state index contributed by atoms with van der Waals surface area (Å²) in [6, 6.07) is 21.0. The van der Waals surface area contributed by atoms with E-state index < -0.39 is 24.3 Å². The maximum absolute atomic E-state index is 13.0. The Labute approximate surface area is 227 Å². The van der Waals surface area contributed by atoms with Crippen molar-refractivity contribution in [1.82, 2.24) is 4.98 Å². The Morgan fingerprint density at radius 3 is 2.42 bits per heavy atom. The Balaban J connectivity index is 1.50. The minimum atomic E-state index is -4.38. The van der Waals surface area contributed by atoms with Crippen molar-refractivity contribution in [3.8, 4) is 16.3 Å². The molecule has 0 radical (unpaired) electrons. The summed E-state index contributed by atoms with van der Waals surface area (Å²) >= 11 is 3.14. The number of ether oxygens (including phenoxy) is 1. The molecule has 0 aliphatic rings. The number of thiazole rings is 1. The van der Waals surface area contributed by atoms with Gasteiger partial charge < -0.3 is 9.84 Å². The van der Waals surface area contributed by atoms with E-state index in [4.69, 9.17) is 14.8 Å². The zero-order valence-corrected chi connectivity index (χ0v) is 22.3. The largest absolute Gasteiger partial charge is 0.482 e. The molecule has 1 heterocycles. The minimum Gasteiger partial charge on any atom is -0.482 e. The van der Waals surface area contributed by atoms with Crippen LogP contribution in [0.25, 0.3) is 10.6 Å². The van der Waals surface area contributed by atoms with E-state index >= 15 is 0 Å². The summed E-state index contributed by atoms with van der Waals surface area (Å²) in [4.78, 5) is 17.7. The summed E-state index contributed by atoms with van der Waals surface area (Å²) in [6.07, 6.45) is -1.79. The van der Waals surface area contributed by atoms with Crippen LogP contribution in [0.5, 0.6) is 5.75 Å². The van der Waals surface area contributed by atoms with Crippen LogP contribution in [0.4, 0.5) is 13.2 Å². The topological polar surface area (TPSA) is 59.4 Å². The van der Waals surface area contributed by atoms with Crippen molar-refractivity contribution in [2.75, 3.05) is 6.61 Å². The van der Waals surface area contributed by atoms with E-state index in [2.05, 4.69) is 12.1 Å². The second kappa shape index (κ2) is 12.5. The molecule has 0 unspecified atom stereocenters. The molecule has 1 N–H and O–H groups in total. The summed E-state index contributed by atoms with van der Waals surface area (Å²) in [5, 5.41) is 9.54. The maximum Gasteiger partial charge on any atom is 0.416 e. The summed E-state index contributed by atoms with van der Waals surface area (Å²) in [5.74, 6) is 0.158. The van der Waals surface area contributed by atoms with Gasteiger partial charge in [-0.15, -0.1) is 23.1 Å². The van der Waals surface area contributed by atoms with E-state index in [1.807, 2.05) is 37.3 Å².